The number of halogens is 1. The molecule has 0 bridgehead atoms. The summed E-state index contributed by atoms with van der Waals surface area (Å²) in [4.78, 5) is 12.9. The number of nitrogens with zero attached hydrogens (tertiary/aromatic N) is 1. The molecule has 0 saturated heterocycles. The second kappa shape index (κ2) is 8.57. The summed E-state index contributed by atoms with van der Waals surface area (Å²) in [6.07, 6.45) is 1.55. The maximum Gasteiger partial charge on any atom is 0.244 e. The Labute approximate surface area is 186 Å². The Morgan fingerprint density at radius 1 is 0.968 bits per heavy atom. The molecule has 4 rings (SSSR count). The van der Waals surface area contributed by atoms with E-state index in [4.69, 9.17) is 11.6 Å². The van der Waals surface area contributed by atoms with E-state index >= 15 is 0 Å². The van der Waals surface area contributed by atoms with Gasteiger partial charge >= 0.3 is 0 Å². The molecule has 0 radical (unpaired) electrons. The smallest absolute Gasteiger partial charge is 0.244 e. The lowest BCUT2D eigenvalue weighted by Gasteiger charge is -2.09. The molecule has 0 fully saturated rings. The monoisotopic (exact) mass is 452 g/mol. The van der Waals surface area contributed by atoms with E-state index in [-0.39, 0.29) is 23.1 Å². The van der Waals surface area contributed by atoms with Gasteiger partial charge in [0.25, 0.3) is 0 Å². The van der Waals surface area contributed by atoms with Crippen LogP contribution in [0.1, 0.15) is 11.1 Å². The minimum Gasteiger partial charge on any atom is -0.337 e. The van der Waals surface area contributed by atoms with Gasteiger partial charge in [-0.2, -0.15) is 0 Å². The number of benzene rings is 3. The van der Waals surface area contributed by atoms with Crippen LogP contribution in [0.25, 0.3) is 10.9 Å². The number of sulfone groups is 1. The summed E-state index contributed by atoms with van der Waals surface area (Å²) in [7, 11) is -3.63. The van der Waals surface area contributed by atoms with Crippen molar-refractivity contribution < 1.29 is 13.2 Å². The lowest BCUT2D eigenvalue weighted by molar-refractivity contribution is -0.116. The van der Waals surface area contributed by atoms with E-state index in [1.165, 1.54) is 0 Å². The van der Waals surface area contributed by atoms with E-state index in [2.05, 4.69) is 5.32 Å². The van der Waals surface area contributed by atoms with Crippen molar-refractivity contribution in [2.45, 2.75) is 24.1 Å². The molecule has 0 atom stereocenters. The molecular formula is C24H21ClN2O3S. The minimum absolute atomic E-state index is 0.00527. The number of rotatable bonds is 6. The van der Waals surface area contributed by atoms with Crippen LogP contribution in [-0.4, -0.2) is 18.9 Å². The van der Waals surface area contributed by atoms with Gasteiger partial charge in [0.2, 0.25) is 5.91 Å². The van der Waals surface area contributed by atoms with Gasteiger partial charge in [-0.3, -0.25) is 4.79 Å². The van der Waals surface area contributed by atoms with Crippen LogP contribution in [-0.2, 0) is 26.9 Å². The van der Waals surface area contributed by atoms with Crippen LogP contribution >= 0.6 is 11.6 Å². The maximum absolute atomic E-state index is 13.2. The van der Waals surface area contributed by atoms with Gasteiger partial charge in [-0.25, -0.2) is 8.42 Å². The third kappa shape index (κ3) is 4.65. The fourth-order valence-corrected chi connectivity index (χ4v) is 5.24. The Balaban J connectivity index is 1.65. The van der Waals surface area contributed by atoms with Crippen molar-refractivity contribution >= 4 is 43.9 Å². The molecule has 0 aliphatic heterocycles. The van der Waals surface area contributed by atoms with Crippen molar-refractivity contribution in [1.82, 2.24) is 4.57 Å². The quantitative estimate of drug-likeness (QED) is 0.436. The van der Waals surface area contributed by atoms with Crippen LogP contribution in [0.5, 0.6) is 0 Å². The number of hydrogen-bond donors (Lipinski definition) is 1. The first kappa shape index (κ1) is 21.2. The number of fused-ring (bicyclic) bond motifs is 1. The molecule has 0 saturated carbocycles. The van der Waals surface area contributed by atoms with Crippen LogP contribution in [0.2, 0.25) is 5.02 Å². The lowest BCUT2D eigenvalue weighted by Crippen LogP contribution is -2.18. The SMILES string of the molecule is Cc1ccccc1NC(=O)Cn1cc(S(=O)(=O)Cc2ccc(Cl)cc2)c2ccccc21. The van der Waals surface area contributed by atoms with Crippen LogP contribution < -0.4 is 5.32 Å². The highest BCUT2D eigenvalue weighted by Crippen LogP contribution is 2.28. The van der Waals surface area contributed by atoms with Gasteiger partial charge in [-0.1, -0.05) is 60.1 Å². The van der Waals surface area contributed by atoms with Crippen molar-refractivity contribution in [3.8, 4) is 0 Å². The predicted octanol–water partition coefficient (Wildman–Crippen LogP) is 5.22. The topological polar surface area (TPSA) is 68.2 Å². The Morgan fingerprint density at radius 2 is 1.65 bits per heavy atom. The molecule has 0 aliphatic rings. The predicted molar refractivity (Wildman–Crippen MR) is 124 cm³/mol. The van der Waals surface area contributed by atoms with Gasteiger partial charge in [0.05, 0.1) is 10.6 Å². The summed E-state index contributed by atoms with van der Waals surface area (Å²) in [6.45, 7) is 1.92. The van der Waals surface area contributed by atoms with E-state index in [0.29, 0.717) is 21.5 Å². The molecule has 31 heavy (non-hydrogen) atoms. The molecule has 158 valence electrons. The van der Waals surface area contributed by atoms with Gasteiger partial charge in [0, 0.05) is 27.8 Å². The van der Waals surface area contributed by atoms with E-state index in [1.54, 1.807) is 47.2 Å². The zero-order valence-electron chi connectivity index (χ0n) is 16.9. The average Bonchev–Trinajstić information content (AvgIpc) is 3.11. The van der Waals surface area contributed by atoms with Crippen molar-refractivity contribution in [2.75, 3.05) is 5.32 Å². The number of carbonyl (C=O) groups excluding carboxylic acids is 1. The van der Waals surface area contributed by atoms with Crippen molar-refractivity contribution in [2.24, 2.45) is 0 Å². The van der Waals surface area contributed by atoms with Crippen molar-refractivity contribution in [3.05, 3.63) is 95.1 Å². The number of nitrogens with one attached hydrogen (secondary N) is 1. The van der Waals surface area contributed by atoms with Crippen molar-refractivity contribution in [3.63, 3.8) is 0 Å². The normalized spacial score (nSPS) is 11.5. The standard InChI is InChI=1S/C24H21ClN2O3S/c1-17-6-2-4-8-21(17)26-24(28)15-27-14-23(20-7-3-5-9-22(20)27)31(29,30)16-18-10-12-19(25)13-11-18/h2-14H,15-16H2,1H3,(H,26,28). The third-order valence-electron chi connectivity index (χ3n) is 5.09. The van der Waals surface area contributed by atoms with Crippen LogP contribution in [0.4, 0.5) is 5.69 Å². The number of carbonyl (C=O) groups is 1. The first-order valence-corrected chi connectivity index (χ1v) is 11.8. The maximum atomic E-state index is 13.2. The highest BCUT2D eigenvalue weighted by molar-refractivity contribution is 7.90. The Bertz CT molecular complexity index is 1360. The zero-order valence-corrected chi connectivity index (χ0v) is 18.5. The van der Waals surface area contributed by atoms with Crippen LogP contribution in [0.3, 0.4) is 0 Å². The Morgan fingerprint density at radius 3 is 2.39 bits per heavy atom. The molecular weight excluding hydrogens is 432 g/mol. The molecule has 0 unspecified atom stereocenters. The molecule has 4 aromatic rings. The van der Waals surface area contributed by atoms with Crippen molar-refractivity contribution in [1.29, 1.82) is 0 Å². The molecule has 5 nitrogen and oxygen atoms in total. The molecule has 1 amide bonds. The van der Waals surface area contributed by atoms with Gasteiger partial charge in [0.1, 0.15) is 6.54 Å². The summed E-state index contributed by atoms with van der Waals surface area (Å²) >= 11 is 5.91. The third-order valence-corrected chi connectivity index (χ3v) is 7.05. The molecule has 0 spiro atoms. The van der Waals surface area contributed by atoms with Gasteiger partial charge in [0.15, 0.2) is 9.84 Å². The molecule has 1 N–H and O–H groups in total. The number of amides is 1. The Hall–Kier alpha value is -3.09. The fraction of sp³-hybridized carbons (Fsp3) is 0.125. The number of anilines is 1. The summed E-state index contributed by atoms with van der Waals surface area (Å²) in [5.74, 6) is -0.371. The second-order valence-corrected chi connectivity index (χ2v) is 9.78. The average molecular weight is 453 g/mol. The number of aromatic nitrogens is 1. The van der Waals surface area contributed by atoms with E-state index < -0.39 is 9.84 Å². The Kier molecular flexibility index (Phi) is 5.85. The molecule has 1 aromatic heterocycles. The fourth-order valence-electron chi connectivity index (χ4n) is 3.53. The summed E-state index contributed by atoms with van der Waals surface area (Å²) in [5, 5.41) is 4.05. The molecule has 1 heterocycles. The minimum atomic E-state index is -3.63. The van der Waals surface area contributed by atoms with Gasteiger partial charge in [-0.15, -0.1) is 0 Å². The molecule has 3 aromatic carbocycles. The van der Waals surface area contributed by atoms with E-state index in [9.17, 15) is 13.2 Å². The van der Waals surface area contributed by atoms with Crippen LogP contribution in [0, 0.1) is 6.92 Å². The zero-order chi connectivity index (χ0) is 22.0. The summed E-state index contributed by atoms with van der Waals surface area (Å²) in [6, 6.07) is 21.5. The first-order valence-electron chi connectivity index (χ1n) is 9.74. The number of hydrogen-bond acceptors (Lipinski definition) is 3. The highest BCUT2D eigenvalue weighted by atomic mass is 35.5. The van der Waals surface area contributed by atoms with Crippen LogP contribution in [0.15, 0.2) is 83.9 Å². The molecule has 7 heteroatoms. The lowest BCUT2D eigenvalue weighted by atomic mass is 10.2. The number of para-hydroxylation sites is 2. The number of aryl methyl sites for hydroxylation is 1. The largest absolute Gasteiger partial charge is 0.337 e. The van der Waals surface area contributed by atoms with E-state index in [0.717, 1.165) is 11.3 Å². The first-order chi connectivity index (χ1) is 14.8. The van der Waals surface area contributed by atoms with E-state index in [1.807, 2.05) is 43.3 Å². The van der Waals surface area contributed by atoms with Gasteiger partial charge in [-0.05, 0) is 42.3 Å². The summed E-state index contributed by atoms with van der Waals surface area (Å²) < 4.78 is 28.1. The second-order valence-electron chi connectivity index (χ2n) is 7.39. The highest BCUT2D eigenvalue weighted by Gasteiger charge is 2.22. The molecule has 0 aliphatic carbocycles. The van der Waals surface area contributed by atoms with Gasteiger partial charge < -0.3 is 9.88 Å². The summed E-state index contributed by atoms with van der Waals surface area (Å²) in [5.41, 5.74) is 3.04.